The third-order valence-corrected chi connectivity index (χ3v) is 1.64. The molecule has 0 unspecified atom stereocenters. The first kappa shape index (κ1) is 13.2. The van der Waals surface area contributed by atoms with Crippen molar-refractivity contribution in [3.8, 4) is 6.07 Å². The van der Waals surface area contributed by atoms with Gasteiger partial charge < -0.3 is 20.4 Å². The molecule has 7 heteroatoms. The van der Waals surface area contributed by atoms with Gasteiger partial charge in [0.1, 0.15) is 0 Å². The maximum absolute atomic E-state index is 11.2. The lowest BCUT2D eigenvalue weighted by atomic mass is 10.3. The molecule has 0 bridgehead atoms. The molecule has 3 N–H and O–H groups in total. The van der Waals surface area contributed by atoms with Crippen LogP contribution in [0.15, 0.2) is 0 Å². The van der Waals surface area contributed by atoms with Crippen LogP contribution in [0.2, 0.25) is 0 Å². The van der Waals surface area contributed by atoms with Crippen molar-refractivity contribution in [3.05, 3.63) is 0 Å². The first-order valence-electron chi connectivity index (χ1n) is 4.25. The second-order valence-electron chi connectivity index (χ2n) is 2.87. The number of hydrogen-bond donors (Lipinski definition) is 3. The summed E-state index contributed by atoms with van der Waals surface area (Å²) in [5.74, 6) is -1.39. The zero-order valence-electron chi connectivity index (χ0n) is 8.30. The van der Waals surface area contributed by atoms with Gasteiger partial charge in [-0.1, -0.05) is 0 Å². The average Bonchev–Trinajstić information content (AvgIpc) is 2.21. The number of urea groups is 1. The number of nitrogens with one attached hydrogen (secondary N) is 1. The molecular weight excluding hydrogens is 202 g/mol. The van der Waals surface area contributed by atoms with Gasteiger partial charge in [0, 0.05) is 13.6 Å². The summed E-state index contributed by atoms with van der Waals surface area (Å²) in [6.07, 6.45) is -1.41. The van der Waals surface area contributed by atoms with E-state index in [0.29, 0.717) is 0 Å². The van der Waals surface area contributed by atoms with Crippen LogP contribution in [-0.2, 0) is 4.79 Å². The third kappa shape index (κ3) is 5.49. The van der Waals surface area contributed by atoms with Crippen molar-refractivity contribution in [2.45, 2.75) is 12.5 Å². The van der Waals surface area contributed by atoms with Gasteiger partial charge in [0.05, 0.1) is 19.0 Å². The Labute approximate surface area is 86.9 Å². The number of carboxylic acids is 1. The number of carbonyl (C=O) groups excluding carboxylic acids is 1. The molecule has 84 valence electrons. The summed E-state index contributed by atoms with van der Waals surface area (Å²) in [5.41, 5.74) is 0. The predicted octanol–water partition coefficient (Wildman–Crippen LogP) is -1.01. The molecule has 0 saturated carbocycles. The van der Waals surface area contributed by atoms with Crippen LogP contribution < -0.4 is 5.32 Å². The van der Waals surface area contributed by atoms with Gasteiger partial charge >= 0.3 is 12.0 Å². The molecule has 1 atom stereocenters. The van der Waals surface area contributed by atoms with Crippen molar-refractivity contribution >= 4 is 12.0 Å². The SMILES string of the molecule is CN(CCC#N)C(=O)NC[C@H](O)C(=O)O. The van der Waals surface area contributed by atoms with Crippen LogP contribution in [-0.4, -0.2) is 53.4 Å². The van der Waals surface area contributed by atoms with Crippen LogP contribution in [0.1, 0.15) is 6.42 Å². The van der Waals surface area contributed by atoms with Crippen molar-refractivity contribution in [1.29, 1.82) is 5.26 Å². The van der Waals surface area contributed by atoms with Crippen molar-refractivity contribution in [2.24, 2.45) is 0 Å². The predicted molar refractivity (Wildman–Crippen MR) is 49.9 cm³/mol. The molecular formula is C8H13N3O4. The third-order valence-electron chi connectivity index (χ3n) is 1.64. The van der Waals surface area contributed by atoms with Crippen LogP contribution in [0.4, 0.5) is 4.79 Å². The van der Waals surface area contributed by atoms with Crippen LogP contribution >= 0.6 is 0 Å². The van der Waals surface area contributed by atoms with Gasteiger partial charge in [-0.05, 0) is 0 Å². The van der Waals surface area contributed by atoms with Gasteiger partial charge in [-0.25, -0.2) is 9.59 Å². The number of rotatable bonds is 5. The summed E-state index contributed by atoms with van der Waals surface area (Å²) in [6.45, 7) is -0.101. The molecule has 0 aliphatic rings. The molecule has 0 radical (unpaired) electrons. The van der Waals surface area contributed by atoms with E-state index in [0.717, 1.165) is 0 Å². The second-order valence-corrected chi connectivity index (χ2v) is 2.87. The van der Waals surface area contributed by atoms with E-state index >= 15 is 0 Å². The van der Waals surface area contributed by atoms with Crippen LogP contribution in [0.5, 0.6) is 0 Å². The number of aliphatic hydroxyl groups is 1. The zero-order chi connectivity index (χ0) is 11.8. The standard InChI is InChI=1S/C8H13N3O4/c1-11(4-2-3-9)8(15)10-5-6(12)7(13)14/h6,12H,2,4-5H2,1H3,(H,10,15)(H,13,14)/t6-/m0/s1. The fraction of sp³-hybridized carbons (Fsp3) is 0.625. The highest BCUT2D eigenvalue weighted by Gasteiger charge is 2.15. The van der Waals surface area contributed by atoms with Crippen molar-refractivity contribution in [1.82, 2.24) is 10.2 Å². The lowest BCUT2D eigenvalue weighted by Crippen LogP contribution is -2.43. The van der Waals surface area contributed by atoms with Crippen molar-refractivity contribution in [3.63, 3.8) is 0 Å². The van der Waals surface area contributed by atoms with Crippen molar-refractivity contribution < 1.29 is 19.8 Å². The number of carboxylic acid groups (broad SMARTS) is 1. The molecule has 0 fully saturated rings. The van der Waals surface area contributed by atoms with E-state index in [1.165, 1.54) is 11.9 Å². The van der Waals surface area contributed by atoms with E-state index in [4.69, 9.17) is 15.5 Å². The van der Waals surface area contributed by atoms with Crippen LogP contribution in [0.3, 0.4) is 0 Å². The summed E-state index contributed by atoms with van der Waals surface area (Å²) < 4.78 is 0. The Morgan fingerprint density at radius 2 is 2.20 bits per heavy atom. The highest BCUT2D eigenvalue weighted by atomic mass is 16.4. The number of nitrogens with zero attached hydrogens (tertiary/aromatic N) is 2. The number of aliphatic carboxylic acids is 1. The van der Waals surface area contributed by atoms with Crippen LogP contribution in [0, 0.1) is 11.3 Å². The zero-order valence-corrected chi connectivity index (χ0v) is 8.30. The topological polar surface area (TPSA) is 114 Å². The number of hydrogen-bond acceptors (Lipinski definition) is 4. The summed E-state index contributed by atoms with van der Waals surface area (Å²) in [6, 6.07) is 1.35. The molecule has 2 amide bonds. The Morgan fingerprint density at radius 3 is 2.67 bits per heavy atom. The maximum Gasteiger partial charge on any atom is 0.334 e. The summed E-state index contributed by atoms with van der Waals surface area (Å²) in [4.78, 5) is 22.6. The first-order valence-corrected chi connectivity index (χ1v) is 4.25. The minimum Gasteiger partial charge on any atom is -0.479 e. The largest absolute Gasteiger partial charge is 0.479 e. The molecule has 0 aromatic rings. The molecule has 0 aromatic carbocycles. The van der Waals surface area contributed by atoms with Gasteiger partial charge in [0.25, 0.3) is 0 Å². The summed E-state index contributed by atoms with van der Waals surface area (Å²) in [5, 5.41) is 27.6. The number of amides is 2. The van der Waals surface area contributed by atoms with E-state index < -0.39 is 18.1 Å². The molecule has 0 saturated heterocycles. The Balaban J connectivity index is 3.83. The number of carbonyl (C=O) groups is 2. The molecule has 0 aliphatic heterocycles. The number of nitriles is 1. The lowest BCUT2D eigenvalue weighted by Gasteiger charge is -2.16. The molecule has 0 rings (SSSR count). The maximum atomic E-state index is 11.2. The molecule has 7 nitrogen and oxygen atoms in total. The second kappa shape index (κ2) is 6.62. The number of aliphatic hydroxyl groups excluding tert-OH is 1. The van der Waals surface area contributed by atoms with Gasteiger partial charge in [-0.15, -0.1) is 0 Å². The minimum absolute atomic E-state index is 0.200. The Bertz CT molecular complexity index is 274. The Kier molecular flexibility index (Phi) is 5.82. The fourth-order valence-corrected chi connectivity index (χ4v) is 0.726. The molecule has 0 heterocycles. The van der Waals surface area contributed by atoms with Gasteiger partial charge in [-0.2, -0.15) is 5.26 Å². The summed E-state index contributed by atoms with van der Waals surface area (Å²) >= 11 is 0. The first-order chi connectivity index (χ1) is 6.99. The smallest absolute Gasteiger partial charge is 0.334 e. The fourth-order valence-electron chi connectivity index (χ4n) is 0.726. The normalized spacial score (nSPS) is 11.3. The van der Waals surface area contributed by atoms with Crippen LogP contribution in [0.25, 0.3) is 0 Å². The van der Waals surface area contributed by atoms with E-state index in [-0.39, 0.29) is 19.5 Å². The molecule has 0 aromatic heterocycles. The van der Waals surface area contributed by atoms with Crippen molar-refractivity contribution in [2.75, 3.05) is 20.1 Å². The monoisotopic (exact) mass is 215 g/mol. The van der Waals surface area contributed by atoms with E-state index in [2.05, 4.69) is 5.32 Å². The quantitative estimate of drug-likeness (QED) is 0.543. The van der Waals surface area contributed by atoms with E-state index in [9.17, 15) is 9.59 Å². The highest BCUT2D eigenvalue weighted by molar-refractivity contribution is 5.76. The molecule has 0 aliphatic carbocycles. The Morgan fingerprint density at radius 1 is 1.60 bits per heavy atom. The Hall–Kier alpha value is -1.81. The summed E-state index contributed by atoms with van der Waals surface area (Å²) in [7, 11) is 1.47. The molecule has 15 heavy (non-hydrogen) atoms. The highest BCUT2D eigenvalue weighted by Crippen LogP contribution is 1.88. The van der Waals surface area contributed by atoms with Gasteiger partial charge in [0.15, 0.2) is 6.10 Å². The van der Waals surface area contributed by atoms with E-state index in [1.807, 2.05) is 6.07 Å². The van der Waals surface area contributed by atoms with E-state index in [1.54, 1.807) is 0 Å². The minimum atomic E-state index is -1.61. The van der Waals surface area contributed by atoms with Gasteiger partial charge in [0.2, 0.25) is 0 Å². The van der Waals surface area contributed by atoms with Gasteiger partial charge in [-0.3, -0.25) is 0 Å². The average molecular weight is 215 g/mol. The lowest BCUT2D eigenvalue weighted by molar-refractivity contribution is -0.146. The molecule has 0 spiro atoms.